The molecular weight excluding hydrogens is 245 g/mol. The molecule has 0 N–H and O–H groups in total. The molecule has 0 aliphatic heterocycles. The fraction of sp³-hybridized carbons (Fsp3) is 0.400. The SMILES string of the molecule is O=C(Cn1ccc2cc(F)ccc21)OC1CCCC1. The van der Waals surface area contributed by atoms with Crippen LogP contribution in [0, 0.1) is 5.82 Å². The predicted molar refractivity (Wildman–Crippen MR) is 70.2 cm³/mol. The molecule has 3 nitrogen and oxygen atoms in total. The average Bonchev–Trinajstić information content (AvgIpc) is 2.99. The Morgan fingerprint density at radius 2 is 2.11 bits per heavy atom. The summed E-state index contributed by atoms with van der Waals surface area (Å²) in [4.78, 5) is 11.9. The Bertz CT molecular complexity index is 599. The van der Waals surface area contributed by atoms with Gasteiger partial charge in [0, 0.05) is 17.1 Å². The third kappa shape index (κ3) is 2.62. The first kappa shape index (κ1) is 12.2. The zero-order chi connectivity index (χ0) is 13.2. The number of ether oxygens (including phenoxy) is 1. The smallest absolute Gasteiger partial charge is 0.326 e. The van der Waals surface area contributed by atoms with E-state index in [1.165, 1.54) is 12.1 Å². The Balaban J connectivity index is 1.72. The summed E-state index contributed by atoms with van der Waals surface area (Å²) in [6.07, 6.45) is 6.12. The fourth-order valence-electron chi connectivity index (χ4n) is 2.68. The van der Waals surface area contributed by atoms with Gasteiger partial charge in [0.05, 0.1) is 0 Å². The number of rotatable bonds is 3. The van der Waals surface area contributed by atoms with Gasteiger partial charge in [-0.25, -0.2) is 4.39 Å². The number of carbonyl (C=O) groups excluding carboxylic acids is 1. The first-order chi connectivity index (χ1) is 9.22. The Hall–Kier alpha value is -1.84. The number of hydrogen-bond donors (Lipinski definition) is 0. The Morgan fingerprint density at radius 1 is 1.32 bits per heavy atom. The first-order valence-electron chi connectivity index (χ1n) is 6.66. The Labute approximate surface area is 111 Å². The van der Waals surface area contributed by atoms with E-state index in [-0.39, 0.29) is 24.4 Å². The first-order valence-corrected chi connectivity index (χ1v) is 6.66. The largest absolute Gasteiger partial charge is 0.461 e. The van der Waals surface area contributed by atoms with Gasteiger partial charge in [-0.2, -0.15) is 0 Å². The molecule has 0 unspecified atom stereocenters. The molecule has 0 atom stereocenters. The summed E-state index contributed by atoms with van der Waals surface area (Å²) in [5, 5.41) is 0.800. The maximum absolute atomic E-state index is 13.1. The van der Waals surface area contributed by atoms with Gasteiger partial charge in [-0.3, -0.25) is 4.79 Å². The quantitative estimate of drug-likeness (QED) is 0.794. The highest BCUT2D eigenvalue weighted by Crippen LogP contribution is 2.22. The van der Waals surface area contributed by atoms with Gasteiger partial charge in [0.1, 0.15) is 18.5 Å². The summed E-state index contributed by atoms with van der Waals surface area (Å²) in [6, 6.07) is 6.37. The molecule has 0 spiro atoms. The molecule has 0 bridgehead atoms. The van der Waals surface area contributed by atoms with Crippen LogP contribution in [0.3, 0.4) is 0 Å². The van der Waals surface area contributed by atoms with E-state index in [4.69, 9.17) is 4.74 Å². The van der Waals surface area contributed by atoms with Crippen molar-refractivity contribution in [3.05, 3.63) is 36.3 Å². The Morgan fingerprint density at radius 3 is 2.89 bits per heavy atom. The highest BCUT2D eigenvalue weighted by atomic mass is 19.1. The van der Waals surface area contributed by atoms with E-state index in [0.29, 0.717) is 0 Å². The topological polar surface area (TPSA) is 31.2 Å². The standard InChI is InChI=1S/C15H16FNO2/c16-12-5-6-14-11(9-12)7-8-17(14)10-15(18)19-13-3-1-2-4-13/h5-9,13H,1-4,10H2. The number of carbonyl (C=O) groups is 1. The number of esters is 1. The lowest BCUT2D eigenvalue weighted by Crippen LogP contribution is -2.19. The van der Waals surface area contributed by atoms with Crippen LogP contribution in [0.1, 0.15) is 25.7 Å². The van der Waals surface area contributed by atoms with E-state index in [0.717, 1.165) is 36.6 Å². The van der Waals surface area contributed by atoms with E-state index in [9.17, 15) is 9.18 Å². The third-order valence-corrected chi connectivity index (χ3v) is 3.63. The summed E-state index contributed by atoms with van der Waals surface area (Å²) in [5.74, 6) is -0.479. The molecule has 0 amide bonds. The molecule has 2 aromatic rings. The van der Waals surface area contributed by atoms with Crippen LogP contribution in [0.2, 0.25) is 0 Å². The van der Waals surface area contributed by atoms with Crippen molar-refractivity contribution in [3.8, 4) is 0 Å². The molecule has 1 aromatic heterocycles. The molecular formula is C15H16FNO2. The van der Waals surface area contributed by atoms with Crippen LogP contribution in [-0.2, 0) is 16.1 Å². The van der Waals surface area contributed by atoms with Gasteiger partial charge in [-0.05, 0) is 49.9 Å². The van der Waals surface area contributed by atoms with Crippen LogP contribution in [0.15, 0.2) is 30.5 Å². The van der Waals surface area contributed by atoms with Gasteiger partial charge >= 0.3 is 5.97 Å². The lowest BCUT2D eigenvalue weighted by molar-refractivity contribution is -0.149. The van der Waals surface area contributed by atoms with E-state index in [1.807, 2.05) is 0 Å². The summed E-state index contributed by atoms with van der Waals surface area (Å²) in [6.45, 7) is 0.186. The van der Waals surface area contributed by atoms with Gasteiger partial charge in [0.25, 0.3) is 0 Å². The minimum absolute atomic E-state index is 0.0896. The zero-order valence-electron chi connectivity index (χ0n) is 10.6. The van der Waals surface area contributed by atoms with Crippen molar-refractivity contribution in [2.75, 3.05) is 0 Å². The summed E-state index contributed by atoms with van der Waals surface area (Å²) >= 11 is 0. The highest BCUT2D eigenvalue weighted by molar-refractivity contribution is 5.82. The second kappa shape index (κ2) is 5.03. The second-order valence-corrected chi connectivity index (χ2v) is 5.04. The van der Waals surface area contributed by atoms with Gasteiger partial charge in [0.15, 0.2) is 0 Å². The minimum atomic E-state index is -0.265. The molecule has 19 heavy (non-hydrogen) atoms. The normalized spacial score (nSPS) is 16.1. The maximum Gasteiger partial charge on any atom is 0.326 e. The van der Waals surface area contributed by atoms with E-state index in [2.05, 4.69) is 0 Å². The van der Waals surface area contributed by atoms with Crippen LogP contribution in [-0.4, -0.2) is 16.6 Å². The monoisotopic (exact) mass is 261 g/mol. The fourth-order valence-corrected chi connectivity index (χ4v) is 2.68. The number of fused-ring (bicyclic) bond motifs is 1. The molecule has 3 rings (SSSR count). The van der Waals surface area contributed by atoms with Gasteiger partial charge in [0.2, 0.25) is 0 Å². The molecule has 1 aliphatic rings. The molecule has 4 heteroatoms. The molecule has 1 fully saturated rings. The summed E-state index contributed by atoms with van der Waals surface area (Å²) in [5.41, 5.74) is 0.852. The van der Waals surface area contributed by atoms with Crippen molar-refractivity contribution in [2.24, 2.45) is 0 Å². The lowest BCUT2D eigenvalue weighted by atomic mass is 10.2. The zero-order valence-corrected chi connectivity index (χ0v) is 10.6. The number of hydrogen-bond acceptors (Lipinski definition) is 2. The number of halogens is 1. The van der Waals surface area contributed by atoms with Crippen molar-refractivity contribution in [1.82, 2.24) is 4.57 Å². The van der Waals surface area contributed by atoms with Crippen LogP contribution >= 0.6 is 0 Å². The number of nitrogens with zero attached hydrogens (tertiary/aromatic N) is 1. The van der Waals surface area contributed by atoms with Crippen LogP contribution in [0.25, 0.3) is 10.9 Å². The van der Waals surface area contributed by atoms with Crippen molar-refractivity contribution in [1.29, 1.82) is 0 Å². The van der Waals surface area contributed by atoms with Crippen molar-refractivity contribution in [3.63, 3.8) is 0 Å². The van der Waals surface area contributed by atoms with Crippen molar-refractivity contribution >= 4 is 16.9 Å². The number of aromatic nitrogens is 1. The summed E-state index contributed by atoms with van der Waals surface area (Å²) in [7, 11) is 0. The third-order valence-electron chi connectivity index (χ3n) is 3.63. The molecule has 1 aromatic carbocycles. The second-order valence-electron chi connectivity index (χ2n) is 5.04. The van der Waals surface area contributed by atoms with Gasteiger partial charge < -0.3 is 9.30 Å². The molecule has 0 radical (unpaired) electrons. The molecule has 100 valence electrons. The van der Waals surface area contributed by atoms with Crippen LogP contribution in [0.5, 0.6) is 0 Å². The maximum atomic E-state index is 13.1. The van der Waals surface area contributed by atoms with Crippen molar-refractivity contribution in [2.45, 2.75) is 38.3 Å². The predicted octanol–water partition coefficient (Wildman–Crippen LogP) is 3.27. The molecule has 0 saturated heterocycles. The lowest BCUT2D eigenvalue weighted by Gasteiger charge is -2.12. The van der Waals surface area contributed by atoms with E-state index >= 15 is 0 Å². The van der Waals surface area contributed by atoms with E-state index in [1.54, 1.807) is 22.9 Å². The summed E-state index contributed by atoms with van der Waals surface area (Å²) < 4.78 is 20.3. The average molecular weight is 261 g/mol. The van der Waals surface area contributed by atoms with Crippen molar-refractivity contribution < 1.29 is 13.9 Å². The molecule has 1 heterocycles. The number of benzene rings is 1. The van der Waals surface area contributed by atoms with Gasteiger partial charge in [-0.1, -0.05) is 0 Å². The van der Waals surface area contributed by atoms with Gasteiger partial charge in [-0.15, -0.1) is 0 Å². The molecule has 1 saturated carbocycles. The van der Waals surface area contributed by atoms with E-state index < -0.39 is 0 Å². The minimum Gasteiger partial charge on any atom is -0.461 e. The molecule has 1 aliphatic carbocycles. The van der Waals surface area contributed by atoms with Crippen LogP contribution < -0.4 is 0 Å². The van der Waals surface area contributed by atoms with Crippen LogP contribution in [0.4, 0.5) is 4.39 Å². The highest BCUT2D eigenvalue weighted by Gasteiger charge is 2.19. The Kier molecular flexibility index (Phi) is 3.23.